The van der Waals surface area contributed by atoms with E-state index in [4.69, 9.17) is 4.42 Å². The molecular formula is C12H7NO4. The summed E-state index contributed by atoms with van der Waals surface area (Å²) in [5, 5.41) is 22.3. The summed E-state index contributed by atoms with van der Waals surface area (Å²) in [5.41, 5.74) is 0.440. The third-order valence-corrected chi connectivity index (χ3v) is 2.67. The summed E-state index contributed by atoms with van der Waals surface area (Å²) in [5.74, 6) is -0.176. The van der Waals surface area contributed by atoms with E-state index < -0.39 is 4.92 Å². The van der Waals surface area contributed by atoms with Crippen molar-refractivity contribution in [3.63, 3.8) is 0 Å². The zero-order valence-electron chi connectivity index (χ0n) is 8.58. The van der Waals surface area contributed by atoms with Crippen LogP contribution in [-0.2, 0) is 0 Å². The molecule has 1 heterocycles. The van der Waals surface area contributed by atoms with Gasteiger partial charge in [0.15, 0.2) is 0 Å². The maximum absolute atomic E-state index is 10.6. The third kappa shape index (κ3) is 1.40. The van der Waals surface area contributed by atoms with Crippen LogP contribution in [-0.4, -0.2) is 10.0 Å². The zero-order valence-corrected chi connectivity index (χ0v) is 8.58. The van der Waals surface area contributed by atoms with Crippen molar-refractivity contribution < 1.29 is 14.4 Å². The molecule has 0 fully saturated rings. The summed E-state index contributed by atoms with van der Waals surface area (Å²) in [4.78, 5) is 10.1. The Morgan fingerprint density at radius 2 is 1.88 bits per heavy atom. The van der Waals surface area contributed by atoms with Gasteiger partial charge in [-0.05, 0) is 29.0 Å². The number of phenols is 1. The van der Waals surface area contributed by atoms with Crippen LogP contribution in [0.2, 0.25) is 0 Å². The molecule has 0 atom stereocenters. The molecule has 84 valence electrons. The summed E-state index contributed by atoms with van der Waals surface area (Å²) in [6.07, 6.45) is 0. The Hall–Kier alpha value is -2.56. The number of phenolic OH excluding ortho intramolecular Hbond substituents is 1. The molecule has 3 rings (SSSR count). The summed E-state index contributed by atoms with van der Waals surface area (Å²) in [6, 6.07) is 9.74. The SMILES string of the molecule is O=[N+]([O-])c1cc2c(ccc3ccc(O)cc32)o1. The lowest BCUT2D eigenvalue weighted by molar-refractivity contribution is -0.401. The van der Waals surface area contributed by atoms with E-state index in [9.17, 15) is 15.2 Å². The molecule has 0 radical (unpaired) electrons. The van der Waals surface area contributed by atoms with Gasteiger partial charge in [0, 0.05) is 5.39 Å². The lowest BCUT2D eigenvalue weighted by Crippen LogP contribution is -1.82. The van der Waals surface area contributed by atoms with E-state index in [1.807, 2.05) is 0 Å². The molecule has 0 saturated heterocycles. The van der Waals surface area contributed by atoms with Crippen molar-refractivity contribution in [3.8, 4) is 5.75 Å². The monoisotopic (exact) mass is 229 g/mol. The van der Waals surface area contributed by atoms with Crippen LogP contribution in [0.15, 0.2) is 40.8 Å². The van der Waals surface area contributed by atoms with Crippen LogP contribution in [0.5, 0.6) is 5.75 Å². The van der Waals surface area contributed by atoms with Crippen molar-refractivity contribution in [2.45, 2.75) is 0 Å². The Kier molecular flexibility index (Phi) is 1.82. The first kappa shape index (κ1) is 9.65. The first-order valence-corrected chi connectivity index (χ1v) is 4.95. The molecular weight excluding hydrogens is 222 g/mol. The highest BCUT2D eigenvalue weighted by molar-refractivity contribution is 6.06. The van der Waals surface area contributed by atoms with E-state index in [0.29, 0.717) is 11.0 Å². The van der Waals surface area contributed by atoms with Gasteiger partial charge in [0.25, 0.3) is 0 Å². The maximum Gasteiger partial charge on any atom is 0.434 e. The smallest absolute Gasteiger partial charge is 0.434 e. The number of furan rings is 1. The second-order valence-corrected chi connectivity index (χ2v) is 3.72. The molecule has 5 heteroatoms. The molecule has 5 nitrogen and oxygen atoms in total. The van der Waals surface area contributed by atoms with Crippen molar-refractivity contribution in [2.24, 2.45) is 0 Å². The van der Waals surface area contributed by atoms with Gasteiger partial charge < -0.3 is 9.52 Å². The van der Waals surface area contributed by atoms with E-state index in [2.05, 4.69) is 0 Å². The van der Waals surface area contributed by atoms with E-state index >= 15 is 0 Å². The highest BCUT2D eigenvalue weighted by Gasteiger charge is 2.15. The summed E-state index contributed by atoms with van der Waals surface area (Å²) in [7, 11) is 0. The molecule has 0 aliphatic rings. The van der Waals surface area contributed by atoms with Crippen LogP contribution in [0.4, 0.5) is 5.88 Å². The average Bonchev–Trinajstić information content (AvgIpc) is 2.73. The van der Waals surface area contributed by atoms with Crippen LogP contribution in [0.25, 0.3) is 21.7 Å². The number of hydrogen-bond acceptors (Lipinski definition) is 4. The van der Waals surface area contributed by atoms with Crippen LogP contribution in [0, 0.1) is 10.1 Å². The molecule has 17 heavy (non-hydrogen) atoms. The second-order valence-electron chi connectivity index (χ2n) is 3.72. The predicted molar refractivity (Wildman–Crippen MR) is 62.0 cm³/mol. The maximum atomic E-state index is 10.6. The minimum absolute atomic E-state index is 0.119. The van der Waals surface area contributed by atoms with Crippen LogP contribution >= 0.6 is 0 Å². The fraction of sp³-hybridized carbons (Fsp3) is 0. The van der Waals surface area contributed by atoms with Gasteiger partial charge in [0.05, 0.1) is 6.07 Å². The summed E-state index contributed by atoms with van der Waals surface area (Å²) < 4.78 is 5.10. The molecule has 0 saturated carbocycles. The molecule has 0 aliphatic carbocycles. The molecule has 0 amide bonds. The predicted octanol–water partition coefficient (Wildman–Crippen LogP) is 3.20. The van der Waals surface area contributed by atoms with Gasteiger partial charge in [0.1, 0.15) is 16.3 Å². The van der Waals surface area contributed by atoms with Gasteiger partial charge in [0.2, 0.25) is 0 Å². The Morgan fingerprint density at radius 1 is 1.12 bits per heavy atom. The van der Waals surface area contributed by atoms with Gasteiger partial charge in [-0.1, -0.05) is 12.1 Å². The van der Waals surface area contributed by atoms with E-state index in [-0.39, 0.29) is 11.6 Å². The van der Waals surface area contributed by atoms with Gasteiger partial charge in [-0.3, -0.25) is 10.1 Å². The first-order chi connectivity index (χ1) is 8.15. The van der Waals surface area contributed by atoms with Gasteiger partial charge in [-0.25, -0.2) is 0 Å². The average molecular weight is 229 g/mol. The number of benzene rings is 2. The first-order valence-electron chi connectivity index (χ1n) is 4.95. The number of aromatic hydroxyl groups is 1. The number of fused-ring (bicyclic) bond motifs is 3. The summed E-state index contributed by atoms with van der Waals surface area (Å²) >= 11 is 0. The minimum atomic E-state index is -0.575. The third-order valence-electron chi connectivity index (χ3n) is 2.67. The molecule has 1 aromatic heterocycles. The van der Waals surface area contributed by atoms with Crippen molar-refractivity contribution >= 4 is 27.6 Å². The Morgan fingerprint density at radius 3 is 2.65 bits per heavy atom. The van der Waals surface area contributed by atoms with Crippen molar-refractivity contribution in [1.29, 1.82) is 0 Å². The fourth-order valence-electron chi connectivity index (χ4n) is 1.90. The van der Waals surface area contributed by atoms with E-state index in [1.54, 1.807) is 30.3 Å². The molecule has 0 aliphatic heterocycles. The topological polar surface area (TPSA) is 76.5 Å². The standard InChI is InChI=1S/C12H7NO4/c14-8-3-1-7-2-4-11-10(9(7)5-8)6-12(17-11)13(15)16/h1-6,14H. The van der Waals surface area contributed by atoms with Crippen LogP contribution < -0.4 is 0 Å². The van der Waals surface area contributed by atoms with Crippen molar-refractivity contribution in [2.75, 3.05) is 0 Å². The molecule has 1 N–H and O–H groups in total. The van der Waals surface area contributed by atoms with Gasteiger partial charge in [-0.2, -0.15) is 0 Å². The Balaban J connectivity index is 2.45. The highest BCUT2D eigenvalue weighted by Crippen LogP contribution is 2.32. The quantitative estimate of drug-likeness (QED) is 0.513. The van der Waals surface area contributed by atoms with Gasteiger partial charge >= 0.3 is 5.88 Å². The lowest BCUT2D eigenvalue weighted by Gasteiger charge is -1.98. The zero-order chi connectivity index (χ0) is 12.0. The number of rotatable bonds is 1. The highest BCUT2D eigenvalue weighted by atomic mass is 16.6. The Labute approximate surface area is 95.0 Å². The normalized spacial score (nSPS) is 11.1. The number of hydrogen-bond donors (Lipinski definition) is 1. The van der Waals surface area contributed by atoms with Crippen molar-refractivity contribution in [1.82, 2.24) is 0 Å². The molecule has 2 aromatic carbocycles. The largest absolute Gasteiger partial charge is 0.508 e. The molecule has 0 unspecified atom stereocenters. The van der Waals surface area contributed by atoms with Crippen LogP contribution in [0.1, 0.15) is 0 Å². The Bertz CT molecular complexity index is 745. The van der Waals surface area contributed by atoms with E-state index in [1.165, 1.54) is 6.07 Å². The molecule has 3 aromatic rings. The molecule has 0 spiro atoms. The minimum Gasteiger partial charge on any atom is -0.508 e. The summed E-state index contributed by atoms with van der Waals surface area (Å²) in [6.45, 7) is 0. The number of nitro groups is 1. The van der Waals surface area contributed by atoms with E-state index in [0.717, 1.165) is 10.8 Å². The number of nitrogens with zero attached hydrogens (tertiary/aromatic N) is 1. The van der Waals surface area contributed by atoms with Crippen LogP contribution in [0.3, 0.4) is 0 Å². The van der Waals surface area contributed by atoms with Crippen molar-refractivity contribution in [3.05, 3.63) is 46.5 Å². The lowest BCUT2D eigenvalue weighted by atomic mass is 10.1. The van der Waals surface area contributed by atoms with Gasteiger partial charge in [-0.15, -0.1) is 0 Å². The molecule has 0 bridgehead atoms. The fourth-order valence-corrected chi connectivity index (χ4v) is 1.90. The second kappa shape index (κ2) is 3.21.